The number of hydrogen-bond donors (Lipinski definition) is 3. The summed E-state index contributed by atoms with van der Waals surface area (Å²) < 4.78 is 12.7. The fourth-order valence-corrected chi connectivity index (χ4v) is 3.91. The minimum Gasteiger partial charge on any atom is -0.494 e. The van der Waals surface area contributed by atoms with E-state index in [0.717, 1.165) is 28.1 Å². The number of amides is 1. The van der Waals surface area contributed by atoms with E-state index >= 15 is 0 Å². The smallest absolute Gasteiger partial charge is 0.307 e. The number of esters is 1. The van der Waals surface area contributed by atoms with Crippen molar-refractivity contribution in [2.75, 3.05) is 25.1 Å². The lowest BCUT2D eigenvalue weighted by Crippen LogP contribution is -2.26. The second-order valence-corrected chi connectivity index (χ2v) is 9.12. The highest BCUT2D eigenvalue weighted by atomic mass is 16.5. The Kier molecular flexibility index (Phi) is 10.9. The molecular formula is C30H37N5O4. The number of aromatic nitrogens is 2. The lowest BCUT2D eigenvalue weighted by molar-refractivity contribution is -0.143. The first kappa shape index (κ1) is 29.2. The number of carbonyl (C=O) groups excluding carboxylic acids is 2. The number of ether oxygens (including phenoxy) is 2. The Bertz CT molecular complexity index is 1330. The van der Waals surface area contributed by atoms with Crippen molar-refractivity contribution in [1.82, 2.24) is 14.9 Å². The highest BCUT2D eigenvalue weighted by molar-refractivity contribution is 5.97. The number of nitrogens with zero attached hydrogens (tertiary/aromatic N) is 2. The van der Waals surface area contributed by atoms with Gasteiger partial charge in [-0.25, -0.2) is 4.98 Å². The molecule has 9 nitrogen and oxygen atoms in total. The van der Waals surface area contributed by atoms with Gasteiger partial charge in [-0.15, -0.1) is 0 Å². The van der Waals surface area contributed by atoms with Crippen LogP contribution in [0.5, 0.6) is 0 Å². The van der Waals surface area contributed by atoms with Gasteiger partial charge < -0.3 is 30.1 Å². The van der Waals surface area contributed by atoms with Gasteiger partial charge in [-0.3, -0.25) is 9.59 Å². The van der Waals surface area contributed by atoms with Gasteiger partial charge in [0.1, 0.15) is 11.6 Å². The molecule has 1 heterocycles. The van der Waals surface area contributed by atoms with Crippen LogP contribution in [0.25, 0.3) is 16.8 Å². The van der Waals surface area contributed by atoms with Crippen molar-refractivity contribution >= 4 is 40.6 Å². The first-order chi connectivity index (χ1) is 18.8. The van der Waals surface area contributed by atoms with Gasteiger partial charge in [0.25, 0.3) is 5.91 Å². The number of anilines is 1. The highest BCUT2D eigenvalue weighted by Gasteiger charge is 2.13. The van der Waals surface area contributed by atoms with E-state index in [1.54, 1.807) is 18.2 Å². The van der Waals surface area contributed by atoms with Crippen LogP contribution >= 0.6 is 0 Å². The van der Waals surface area contributed by atoms with Crippen LogP contribution in [-0.4, -0.2) is 47.4 Å². The summed E-state index contributed by atoms with van der Waals surface area (Å²) in [5, 5.41) is 13.1. The maximum atomic E-state index is 12.6. The van der Waals surface area contributed by atoms with Crippen molar-refractivity contribution in [2.45, 2.75) is 33.2 Å². The van der Waals surface area contributed by atoms with Crippen molar-refractivity contribution < 1.29 is 19.1 Å². The normalized spacial score (nSPS) is 11.8. The molecule has 0 spiro atoms. The lowest BCUT2D eigenvalue weighted by Gasteiger charge is -2.09. The number of benzene rings is 2. The van der Waals surface area contributed by atoms with Gasteiger partial charge in [0.2, 0.25) is 0 Å². The minimum atomic E-state index is -0.357. The van der Waals surface area contributed by atoms with Gasteiger partial charge in [-0.1, -0.05) is 19.6 Å². The first-order valence-electron chi connectivity index (χ1n) is 13.0. The highest BCUT2D eigenvalue weighted by Crippen LogP contribution is 2.20. The third-order valence-electron chi connectivity index (χ3n) is 6.20. The summed E-state index contributed by atoms with van der Waals surface area (Å²) in [6.07, 6.45) is 5.54. The van der Waals surface area contributed by atoms with Crippen LogP contribution in [-0.2, 0) is 27.9 Å². The number of nitrogens with one attached hydrogen (secondary N) is 3. The van der Waals surface area contributed by atoms with E-state index in [1.165, 1.54) is 6.21 Å². The monoisotopic (exact) mass is 531 g/mol. The van der Waals surface area contributed by atoms with Crippen LogP contribution in [0.3, 0.4) is 0 Å². The Morgan fingerprint density at radius 1 is 1.15 bits per heavy atom. The average Bonchev–Trinajstić information content (AvgIpc) is 3.25. The van der Waals surface area contributed by atoms with E-state index < -0.39 is 0 Å². The zero-order chi connectivity index (χ0) is 28.2. The van der Waals surface area contributed by atoms with E-state index in [2.05, 4.69) is 17.2 Å². The first-order valence-corrected chi connectivity index (χ1v) is 13.0. The molecule has 0 aliphatic heterocycles. The molecular weight excluding hydrogens is 494 g/mol. The van der Waals surface area contributed by atoms with Crippen molar-refractivity contribution in [1.29, 1.82) is 5.41 Å². The Balaban J connectivity index is 1.50. The molecule has 0 bridgehead atoms. The molecule has 0 saturated heterocycles. The molecule has 1 atom stereocenters. The molecule has 3 aromatic rings. The predicted octanol–water partition coefficient (Wildman–Crippen LogP) is 5.09. The molecule has 1 unspecified atom stereocenters. The zero-order valence-electron chi connectivity index (χ0n) is 22.8. The summed E-state index contributed by atoms with van der Waals surface area (Å²) in [7, 11) is 1.94. The zero-order valence-corrected chi connectivity index (χ0v) is 22.8. The summed E-state index contributed by atoms with van der Waals surface area (Å²) in [4.78, 5) is 29.3. The molecule has 0 aliphatic rings. The molecule has 39 heavy (non-hydrogen) atoms. The average molecular weight is 532 g/mol. The molecule has 2 aromatic carbocycles. The quantitative estimate of drug-likeness (QED) is 0.143. The largest absolute Gasteiger partial charge is 0.494 e. The number of imidazole rings is 1. The summed E-state index contributed by atoms with van der Waals surface area (Å²) in [5.74, 6) is 1.07. The maximum absolute atomic E-state index is 12.6. The summed E-state index contributed by atoms with van der Waals surface area (Å²) in [6.45, 7) is 9.43. The Labute approximate surface area is 229 Å². The standard InChI is InChI=1S/C30H37N5O4/c1-5-38-22(3)23-8-11-25(12-9-23)33-20-28-34-26-19-24(10-13-27(26)35(28)4)30(37)32-17-14-29(36)39-18-15-21(2)7-6-16-31/h6-13,16,19,21,31,33H,3,5,14-15,17-18,20H2,1-2,4H3,(H,32,37)/b7-6-,31-16?. The van der Waals surface area contributed by atoms with Crippen LogP contribution in [0.4, 0.5) is 5.69 Å². The van der Waals surface area contributed by atoms with E-state index in [9.17, 15) is 9.59 Å². The van der Waals surface area contributed by atoms with E-state index in [1.807, 2.05) is 61.9 Å². The Morgan fingerprint density at radius 3 is 2.62 bits per heavy atom. The predicted molar refractivity (Wildman–Crippen MR) is 155 cm³/mol. The fraction of sp³-hybridized carbons (Fsp3) is 0.333. The molecule has 3 N–H and O–H groups in total. The molecule has 206 valence electrons. The topological polar surface area (TPSA) is 118 Å². The second-order valence-electron chi connectivity index (χ2n) is 9.12. The molecule has 0 aliphatic carbocycles. The SMILES string of the molecule is C=C(OCC)c1ccc(NCc2nc3cc(C(=O)NCCC(=O)OCCC(C)/C=C\C=N)ccc3n2C)cc1. The molecule has 9 heteroatoms. The number of allylic oxidation sites excluding steroid dienone is 2. The Hall–Kier alpha value is -4.40. The molecule has 0 saturated carbocycles. The Morgan fingerprint density at radius 2 is 1.90 bits per heavy atom. The molecule has 3 rings (SSSR count). The van der Waals surface area contributed by atoms with Crippen LogP contribution < -0.4 is 10.6 Å². The second kappa shape index (κ2) is 14.5. The van der Waals surface area contributed by atoms with Crippen molar-refractivity contribution in [3.05, 3.63) is 78.1 Å². The van der Waals surface area contributed by atoms with Crippen LogP contribution in [0.2, 0.25) is 0 Å². The minimum absolute atomic E-state index is 0.0961. The van der Waals surface area contributed by atoms with Crippen molar-refractivity contribution in [3.63, 3.8) is 0 Å². The van der Waals surface area contributed by atoms with E-state index in [0.29, 0.717) is 37.5 Å². The third kappa shape index (κ3) is 8.56. The number of aryl methyl sites for hydroxylation is 1. The van der Waals surface area contributed by atoms with E-state index in [-0.39, 0.29) is 30.8 Å². The van der Waals surface area contributed by atoms with Gasteiger partial charge in [0.15, 0.2) is 0 Å². The molecule has 0 fully saturated rings. The van der Waals surface area contributed by atoms with Gasteiger partial charge in [-0.05, 0) is 67.8 Å². The van der Waals surface area contributed by atoms with Gasteiger partial charge >= 0.3 is 5.97 Å². The molecule has 1 aromatic heterocycles. The third-order valence-corrected chi connectivity index (χ3v) is 6.20. The van der Waals surface area contributed by atoms with Crippen LogP contribution in [0.1, 0.15) is 48.4 Å². The number of carbonyl (C=O) groups is 2. The molecule has 1 amide bonds. The van der Waals surface area contributed by atoms with E-state index in [4.69, 9.17) is 19.9 Å². The van der Waals surface area contributed by atoms with Crippen LogP contribution in [0, 0.1) is 11.3 Å². The van der Waals surface area contributed by atoms with Gasteiger partial charge in [-0.2, -0.15) is 0 Å². The van der Waals surface area contributed by atoms with Gasteiger partial charge in [0.05, 0.1) is 37.2 Å². The summed E-state index contributed by atoms with van der Waals surface area (Å²) in [5.41, 5.74) is 4.00. The van der Waals surface area contributed by atoms with Crippen LogP contribution in [0.15, 0.2) is 61.2 Å². The molecule has 0 radical (unpaired) electrons. The maximum Gasteiger partial charge on any atom is 0.307 e. The summed E-state index contributed by atoms with van der Waals surface area (Å²) >= 11 is 0. The van der Waals surface area contributed by atoms with Crippen molar-refractivity contribution in [3.8, 4) is 0 Å². The van der Waals surface area contributed by atoms with Crippen molar-refractivity contribution in [2.24, 2.45) is 13.0 Å². The lowest BCUT2D eigenvalue weighted by atomic mass is 10.1. The summed E-state index contributed by atoms with van der Waals surface area (Å²) in [6, 6.07) is 13.2. The van der Waals surface area contributed by atoms with Gasteiger partial charge in [0, 0.05) is 36.6 Å². The number of fused-ring (bicyclic) bond motifs is 1. The fourth-order valence-electron chi connectivity index (χ4n) is 3.91. The number of hydrogen-bond acceptors (Lipinski definition) is 7. The number of rotatable bonds is 15.